The Hall–Kier alpha value is -3.32. The van der Waals surface area contributed by atoms with Gasteiger partial charge in [0.25, 0.3) is 5.56 Å². The number of benzene rings is 2. The van der Waals surface area contributed by atoms with Gasteiger partial charge in [0.15, 0.2) is 0 Å². The molecule has 2 heterocycles. The van der Waals surface area contributed by atoms with E-state index in [2.05, 4.69) is 10.3 Å². The monoisotopic (exact) mass is 422 g/mol. The quantitative estimate of drug-likeness (QED) is 0.425. The van der Waals surface area contributed by atoms with Crippen LogP contribution in [-0.2, 0) is 6.42 Å². The molecule has 0 spiro atoms. The SMILES string of the molecule is COc1cc(C)c2[nH]c(=O)c3sccc3c2c1-c1ccc(CC(C)NC(=O)O)cc1. The molecule has 0 aliphatic carbocycles. The number of hydrogen-bond donors (Lipinski definition) is 3. The van der Waals surface area contributed by atoms with Gasteiger partial charge < -0.3 is 20.1 Å². The van der Waals surface area contributed by atoms with E-state index >= 15 is 0 Å². The highest BCUT2D eigenvalue weighted by Gasteiger charge is 2.18. The van der Waals surface area contributed by atoms with Crippen molar-refractivity contribution in [1.82, 2.24) is 10.3 Å². The molecular weight excluding hydrogens is 400 g/mol. The number of aryl methyl sites for hydroxylation is 1. The Morgan fingerprint density at radius 3 is 2.67 bits per heavy atom. The molecule has 0 aliphatic heterocycles. The number of aromatic amines is 1. The lowest BCUT2D eigenvalue weighted by Gasteiger charge is -2.16. The van der Waals surface area contributed by atoms with Crippen LogP contribution in [0.2, 0.25) is 0 Å². The van der Waals surface area contributed by atoms with Crippen LogP contribution in [0.25, 0.3) is 32.1 Å². The number of aromatic nitrogens is 1. The molecule has 0 saturated heterocycles. The van der Waals surface area contributed by atoms with E-state index in [4.69, 9.17) is 9.84 Å². The van der Waals surface area contributed by atoms with Crippen molar-refractivity contribution in [1.29, 1.82) is 0 Å². The van der Waals surface area contributed by atoms with Gasteiger partial charge in [-0.1, -0.05) is 24.3 Å². The summed E-state index contributed by atoms with van der Waals surface area (Å²) in [5, 5.41) is 15.2. The van der Waals surface area contributed by atoms with E-state index in [1.807, 2.05) is 55.6 Å². The molecule has 1 unspecified atom stereocenters. The molecular formula is C23H22N2O4S. The van der Waals surface area contributed by atoms with Crippen LogP contribution in [-0.4, -0.2) is 29.3 Å². The third kappa shape index (κ3) is 3.52. The minimum atomic E-state index is -1.02. The predicted molar refractivity (Wildman–Crippen MR) is 121 cm³/mol. The first-order valence-corrected chi connectivity index (χ1v) is 10.5. The molecule has 2 aromatic carbocycles. The molecule has 1 amide bonds. The first-order valence-electron chi connectivity index (χ1n) is 9.58. The summed E-state index contributed by atoms with van der Waals surface area (Å²) in [4.78, 5) is 26.4. The van der Waals surface area contributed by atoms with Gasteiger partial charge in [-0.25, -0.2) is 4.79 Å². The smallest absolute Gasteiger partial charge is 0.404 e. The van der Waals surface area contributed by atoms with Crippen LogP contribution in [0, 0.1) is 6.92 Å². The molecule has 1 atom stereocenters. The highest BCUT2D eigenvalue weighted by atomic mass is 32.1. The normalized spacial score (nSPS) is 12.2. The van der Waals surface area contributed by atoms with Gasteiger partial charge in [-0.05, 0) is 54.5 Å². The molecule has 2 aromatic heterocycles. The Balaban J connectivity index is 1.88. The topological polar surface area (TPSA) is 91.4 Å². The average molecular weight is 423 g/mol. The van der Waals surface area contributed by atoms with Gasteiger partial charge in [-0.15, -0.1) is 11.3 Å². The second-order valence-electron chi connectivity index (χ2n) is 7.39. The number of ether oxygens (including phenoxy) is 1. The van der Waals surface area contributed by atoms with Gasteiger partial charge in [-0.2, -0.15) is 0 Å². The molecule has 4 aromatic rings. The van der Waals surface area contributed by atoms with E-state index in [9.17, 15) is 9.59 Å². The second kappa shape index (κ2) is 7.84. The molecule has 3 N–H and O–H groups in total. The fraction of sp³-hybridized carbons (Fsp3) is 0.217. The molecule has 4 rings (SSSR count). The standard InChI is InChI=1S/C23H22N2O4S/c1-12-10-17(29-3)18(19-16-8-9-30-21(16)22(26)25-20(12)19)15-6-4-14(5-7-15)11-13(2)24-23(27)28/h4-10,13,24H,11H2,1-3H3,(H,25,26)(H,27,28). The zero-order valence-electron chi connectivity index (χ0n) is 16.9. The number of fused-ring (bicyclic) bond motifs is 3. The summed E-state index contributed by atoms with van der Waals surface area (Å²) in [5.41, 5.74) is 4.61. The van der Waals surface area contributed by atoms with Crippen molar-refractivity contribution >= 4 is 38.4 Å². The number of H-pyrrole nitrogens is 1. The fourth-order valence-electron chi connectivity index (χ4n) is 3.94. The number of pyridine rings is 1. The minimum Gasteiger partial charge on any atom is -0.496 e. The maximum atomic E-state index is 12.5. The van der Waals surface area contributed by atoms with Crippen LogP contribution in [0.3, 0.4) is 0 Å². The fourth-order valence-corrected chi connectivity index (χ4v) is 4.73. The zero-order chi connectivity index (χ0) is 21.4. The summed E-state index contributed by atoms with van der Waals surface area (Å²) in [7, 11) is 1.65. The number of amides is 1. The Bertz CT molecular complexity index is 1310. The van der Waals surface area contributed by atoms with Gasteiger partial charge in [0.1, 0.15) is 10.4 Å². The van der Waals surface area contributed by atoms with Crippen LogP contribution in [0.5, 0.6) is 5.75 Å². The number of rotatable bonds is 5. The first-order chi connectivity index (χ1) is 14.4. The van der Waals surface area contributed by atoms with E-state index in [-0.39, 0.29) is 11.6 Å². The molecule has 6 nitrogen and oxygen atoms in total. The summed E-state index contributed by atoms with van der Waals surface area (Å²) in [5.74, 6) is 0.744. The first kappa shape index (κ1) is 20.0. The molecule has 7 heteroatoms. The van der Waals surface area contributed by atoms with Gasteiger partial charge in [0.2, 0.25) is 0 Å². The van der Waals surface area contributed by atoms with Gasteiger partial charge >= 0.3 is 6.09 Å². The molecule has 154 valence electrons. The summed E-state index contributed by atoms with van der Waals surface area (Å²) in [6.45, 7) is 3.80. The Kier molecular flexibility index (Phi) is 5.22. The molecule has 0 fully saturated rings. The predicted octanol–water partition coefficient (Wildman–Crippen LogP) is 4.93. The molecule has 0 radical (unpaired) electrons. The van der Waals surface area contributed by atoms with Crippen molar-refractivity contribution in [3.05, 3.63) is 63.3 Å². The Labute approximate surface area is 177 Å². The van der Waals surface area contributed by atoms with Crippen LogP contribution in [0.4, 0.5) is 4.79 Å². The lowest BCUT2D eigenvalue weighted by molar-refractivity contribution is 0.190. The molecule has 0 aliphatic rings. The zero-order valence-corrected chi connectivity index (χ0v) is 17.7. The number of carboxylic acid groups (broad SMARTS) is 1. The second-order valence-corrected chi connectivity index (χ2v) is 8.31. The van der Waals surface area contributed by atoms with Crippen molar-refractivity contribution in [3.8, 4) is 16.9 Å². The van der Waals surface area contributed by atoms with Crippen LogP contribution >= 0.6 is 11.3 Å². The van der Waals surface area contributed by atoms with Crippen LogP contribution in [0.15, 0.2) is 46.6 Å². The summed E-state index contributed by atoms with van der Waals surface area (Å²) < 4.78 is 6.41. The van der Waals surface area contributed by atoms with Crippen LogP contribution < -0.4 is 15.6 Å². The summed E-state index contributed by atoms with van der Waals surface area (Å²) >= 11 is 1.43. The lowest BCUT2D eigenvalue weighted by atomic mass is 9.94. The Morgan fingerprint density at radius 2 is 2.00 bits per heavy atom. The molecule has 0 bridgehead atoms. The third-order valence-corrected chi connectivity index (χ3v) is 6.16. The minimum absolute atomic E-state index is 0.0815. The summed E-state index contributed by atoms with van der Waals surface area (Å²) in [6.07, 6.45) is -0.427. The summed E-state index contributed by atoms with van der Waals surface area (Å²) in [6, 6.07) is 11.8. The highest BCUT2D eigenvalue weighted by Crippen LogP contribution is 2.41. The van der Waals surface area contributed by atoms with Gasteiger partial charge in [-0.3, -0.25) is 4.79 Å². The Morgan fingerprint density at radius 1 is 1.27 bits per heavy atom. The average Bonchev–Trinajstić information content (AvgIpc) is 3.19. The lowest BCUT2D eigenvalue weighted by Crippen LogP contribution is -2.32. The third-order valence-electron chi connectivity index (χ3n) is 5.24. The van der Waals surface area contributed by atoms with Crippen LogP contribution in [0.1, 0.15) is 18.1 Å². The number of hydrogen-bond acceptors (Lipinski definition) is 4. The number of methoxy groups -OCH3 is 1. The highest BCUT2D eigenvalue weighted by molar-refractivity contribution is 7.17. The van der Waals surface area contributed by atoms with E-state index in [0.717, 1.165) is 44.3 Å². The largest absolute Gasteiger partial charge is 0.496 e. The molecule has 0 saturated carbocycles. The maximum absolute atomic E-state index is 12.5. The van der Waals surface area contributed by atoms with Gasteiger partial charge in [0.05, 0.1) is 12.6 Å². The number of nitrogens with one attached hydrogen (secondary N) is 2. The number of thiophene rings is 1. The number of carbonyl (C=O) groups is 1. The van der Waals surface area contributed by atoms with E-state index in [1.165, 1.54) is 11.3 Å². The van der Waals surface area contributed by atoms with Crippen molar-refractivity contribution in [3.63, 3.8) is 0 Å². The maximum Gasteiger partial charge on any atom is 0.404 e. The van der Waals surface area contributed by atoms with Crippen molar-refractivity contribution < 1.29 is 14.6 Å². The molecule has 30 heavy (non-hydrogen) atoms. The van der Waals surface area contributed by atoms with E-state index < -0.39 is 6.09 Å². The van der Waals surface area contributed by atoms with E-state index in [1.54, 1.807) is 7.11 Å². The van der Waals surface area contributed by atoms with E-state index in [0.29, 0.717) is 11.1 Å². The van der Waals surface area contributed by atoms with Crippen molar-refractivity contribution in [2.24, 2.45) is 0 Å². The van der Waals surface area contributed by atoms with Gasteiger partial charge in [0, 0.05) is 22.4 Å². The van der Waals surface area contributed by atoms with Crippen molar-refractivity contribution in [2.75, 3.05) is 7.11 Å². The van der Waals surface area contributed by atoms with Crippen molar-refractivity contribution in [2.45, 2.75) is 26.3 Å².